The van der Waals surface area contributed by atoms with Gasteiger partial charge in [0, 0.05) is 37.7 Å². The van der Waals surface area contributed by atoms with Gasteiger partial charge >= 0.3 is 0 Å². The average molecular weight is 574 g/mol. The van der Waals surface area contributed by atoms with Crippen LogP contribution in [0.15, 0.2) is 71.9 Å². The van der Waals surface area contributed by atoms with Crippen LogP contribution in [0.1, 0.15) is 24.0 Å². The Hall–Kier alpha value is -4.18. The number of aromatic nitrogens is 4. The first kappa shape index (κ1) is 28.4. The van der Waals surface area contributed by atoms with Gasteiger partial charge in [-0.3, -0.25) is 4.79 Å². The molecule has 10 heteroatoms. The summed E-state index contributed by atoms with van der Waals surface area (Å²) in [5, 5.41) is 10.4. The number of carbonyl (C=O) groups is 1. The molecule has 0 spiro atoms. The van der Waals surface area contributed by atoms with E-state index in [0.717, 1.165) is 39.6 Å². The number of likely N-dealkylation sites (N-methyl/N-ethyl adjacent to an activating group) is 1. The van der Waals surface area contributed by atoms with E-state index in [4.69, 9.17) is 14.5 Å². The number of ether oxygens (including phenoxy) is 2. The van der Waals surface area contributed by atoms with Crippen LogP contribution in [0.4, 0.5) is 4.39 Å². The number of thioether (sulfide) groups is 1. The number of rotatable bonds is 12. The Balaban J connectivity index is 1.18. The lowest BCUT2D eigenvalue weighted by atomic mass is 10.1. The molecule has 0 radical (unpaired) electrons. The predicted octanol–water partition coefficient (Wildman–Crippen LogP) is 5.76. The standard InChI is InChI=1S/C31H32FN5O3S/c1-36(17-16-21-12-15-26(39-2)27(19-21)40-3)28(38)9-6-18-41-31-33-30-29(34-35-31)24-7-4-5-8-25(24)37(30)20-22-10-13-23(32)14-11-22/h4-5,7-8,10-15,19H,6,9,16-18,20H2,1-3H3. The van der Waals surface area contributed by atoms with E-state index in [2.05, 4.69) is 14.8 Å². The number of methoxy groups -OCH3 is 2. The van der Waals surface area contributed by atoms with E-state index < -0.39 is 0 Å². The van der Waals surface area contributed by atoms with Crippen LogP contribution in [0.2, 0.25) is 0 Å². The van der Waals surface area contributed by atoms with Crippen molar-refractivity contribution in [1.29, 1.82) is 0 Å². The van der Waals surface area contributed by atoms with Crippen molar-refractivity contribution >= 4 is 39.7 Å². The third-order valence-electron chi connectivity index (χ3n) is 6.98. The van der Waals surface area contributed by atoms with Gasteiger partial charge in [-0.25, -0.2) is 9.37 Å². The molecule has 0 bridgehead atoms. The Morgan fingerprint density at radius 2 is 1.73 bits per heavy atom. The van der Waals surface area contributed by atoms with E-state index in [9.17, 15) is 9.18 Å². The molecule has 5 rings (SSSR count). The highest BCUT2D eigenvalue weighted by Gasteiger charge is 2.16. The molecule has 0 saturated heterocycles. The van der Waals surface area contributed by atoms with E-state index >= 15 is 0 Å². The van der Waals surface area contributed by atoms with Gasteiger partial charge in [0.2, 0.25) is 11.1 Å². The zero-order chi connectivity index (χ0) is 28.8. The van der Waals surface area contributed by atoms with Crippen LogP contribution in [0.3, 0.4) is 0 Å². The van der Waals surface area contributed by atoms with Crippen LogP contribution < -0.4 is 9.47 Å². The molecular formula is C31H32FN5O3S. The van der Waals surface area contributed by atoms with Crippen LogP contribution in [-0.2, 0) is 17.8 Å². The summed E-state index contributed by atoms with van der Waals surface area (Å²) < 4.78 is 26.2. The van der Waals surface area contributed by atoms with Crippen molar-refractivity contribution < 1.29 is 18.7 Å². The number of hydrogen-bond donors (Lipinski definition) is 0. The van der Waals surface area contributed by atoms with Crippen molar-refractivity contribution in [2.75, 3.05) is 33.6 Å². The molecule has 41 heavy (non-hydrogen) atoms. The van der Waals surface area contributed by atoms with E-state index in [-0.39, 0.29) is 11.7 Å². The van der Waals surface area contributed by atoms with Crippen molar-refractivity contribution in [3.8, 4) is 11.5 Å². The Morgan fingerprint density at radius 1 is 0.976 bits per heavy atom. The molecule has 1 amide bonds. The fourth-order valence-electron chi connectivity index (χ4n) is 4.72. The lowest BCUT2D eigenvalue weighted by Crippen LogP contribution is -2.28. The number of fused-ring (bicyclic) bond motifs is 3. The quantitative estimate of drug-likeness (QED) is 0.139. The third-order valence-corrected chi connectivity index (χ3v) is 7.91. The second-order valence-corrected chi connectivity index (χ2v) is 10.8. The molecular weight excluding hydrogens is 541 g/mol. The summed E-state index contributed by atoms with van der Waals surface area (Å²) in [6.45, 7) is 1.15. The van der Waals surface area contributed by atoms with Gasteiger partial charge in [-0.15, -0.1) is 10.2 Å². The SMILES string of the molecule is COc1ccc(CCN(C)C(=O)CCCSc2nnc3c4ccccc4n(Cc4ccc(F)cc4)c3n2)cc1OC. The number of carbonyl (C=O) groups excluding carboxylic acids is 1. The number of amides is 1. The summed E-state index contributed by atoms with van der Waals surface area (Å²) in [7, 11) is 5.05. The number of nitrogens with zero attached hydrogens (tertiary/aromatic N) is 5. The Morgan fingerprint density at radius 3 is 2.51 bits per heavy atom. The molecule has 5 aromatic rings. The maximum Gasteiger partial charge on any atom is 0.222 e. The van der Waals surface area contributed by atoms with Crippen molar-refractivity contribution in [3.05, 3.63) is 83.7 Å². The minimum Gasteiger partial charge on any atom is -0.493 e. The fraction of sp³-hybridized carbons (Fsp3) is 0.290. The molecule has 0 atom stereocenters. The van der Waals surface area contributed by atoms with Crippen molar-refractivity contribution in [2.45, 2.75) is 31.0 Å². The first-order chi connectivity index (χ1) is 20.0. The third kappa shape index (κ3) is 6.59. The van der Waals surface area contributed by atoms with Crippen molar-refractivity contribution in [3.63, 3.8) is 0 Å². The number of halogens is 1. The zero-order valence-electron chi connectivity index (χ0n) is 23.3. The summed E-state index contributed by atoms with van der Waals surface area (Å²) in [6, 6.07) is 20.3. The molecule has 0 unspecified atom stereocenters. The van der Waals surface area contributed by atoms with Gasteiger partial charge in [-0.05, 0) is 54.3 Å². The summed E-state index contributed by atoms with van der Waals surface area (Å²) in [6.07, 6.45) is 1.86. The van der Waals surface area contributed by atoms with E-state index in [1.54, 1.807) is 31.3 Å². The maximum absolute atomic E-state index is 13.5. The van der Waals surface area contributed by atoms with Gasteiger partial charge in [0.25, 0.3) is 0 Å². The molecule has 0 saturated carbocycles. The summed E-state index contributed by atoms with van der Waals surface area (Å²) >= 11 is 1.49. The lowest BCUT2D eigenvalue weighted by Gasteiger charge is -2.17. The first-order valence-electron chi connectivity index (χ1n) is 13.4. The smallest absolute Gasteiger partial charge is 0.222 e. The summed E-state index contributed by atoms with van der Waals surface area (Å²) in [4.78, 5) is 19.3. The molecule has 2 heterocycles. The molecule has 0 aliphatic rings. The van der Waals surface area contributed by atoms with Gasteiger partial charge in [0.1, 0.15) is 11.3 Å². The molecule has 8 nitrogen and oxygen atoms in total. The predicted molar refractivity (Wildman–Crippen MR) is 159 cm³/mol. The van der Waals surface area contributed by atoms with Crippen LogP contribution in [0.5, 0.6) is 11.5 Å². The number of benzene rings is 3. The largest absolute Gasteiger partial charge is 0.493 e. The molecule has 3 aromatic carbocycles. The Bertz CT molecular complexity index is 1660. The Labute approximate surface area is 242 Å². The normalized spacial score (nSPS) is 11.2. The molecule has 0 N–H and O–H groups in total. The van der Waals surface area contributed by atoms with Crippen LogP contribution in [-0.4, -0.2) is 64.1 Å². The van der Waals surface area contributed by atoms with Crippen LogP contribution in [0, 0.1) is 5.82 Å². The second kappa shape index (κ2) is 13.0. The van der Waals surface area contributed by atoms with Crippen LogP contribution >= 0.6 is 11.8 Å². The minimum absolute atomic E-state index is 0.0972. The fourth-order valence-corrected chi connectivity index (χ4v) is 5.44. The van der Waals surface area contributed by atoms with Gasteiger partial charge in [0.15, 0.2) is 17.1 Å². The van der Waals surface area contributed by atoms with Crippen molar-refractivity contribution in [1.82, 2.24) is 24.6 Å². The Kier molecular flexibility index (Phi) is 8.98. The number of para-hydroxylation sites is 1. The van der Waals surface area contributed by atoms with Gasteiger partial charge in [-0.2, -0.15) is 0 Å². The monoisotopic (exact) mass is 573 g/mol. The molecule has 212 valence electrons. The van der Waals surface area contributed by atoms with Gasteiger partial charge in [0.05, 0.1) is 19.7 Å². The molecule has 0 fully saturated rings. The molecule has 0 aliphatic carbocycles. The summed E-state index contributed by atoms with van der Waals surface area (Å²) in [5.41, 5.74) is 4.51. The highest BCUT2D eigenvalue weighted by atomic mass is 32.2. The van der Waals surface area contributed by atoms with E-state index in [0.29, 0.717) is 48.3 Å². The second-order valence-electron chi connectivity index (χ2n) is 9.70. The highest BCUT2D eigenvalue weighted by Crippen LogP contribution is 2.29. The maximum atomic E-state index is 13.5. The number of hydrogen-bond acceptors (Lipinski definition) is 7. The van der Waals surface area contributed by atoms with Crippen LogP contribution in [0.25, 0.3) is 22.1 Å². The van der Waals surface area contributed by atoms with E-state index in [1.807, 2.05) is 49.5 Å². The topological polar surface area (TPSA) is 82.4 Å². The molecule has 2 aromatic heterocycles. The molecule has 0 aliphatic heterocycles. The zero-order valence-corrected chi connectivity index (χ0v) is 24.2. The van der Waals surface area contributed by atoms with Gasteiger partial charge in [-0.1, -0.05) is 48.2 Å². The highest BCUT2D eigenvalue weighted by molar-refractivity contribution is 7.99. The average Bonchev–Trinajstić information content (AvgIpc) is 3.31. The van der Waals surface area contributed by atoms with Crippen molar-refractivity contribution in [2.24, 2.45) is 0 Å². The van der Waals surface area contributed by atoms with E-state index in [1.165, 1.54) is 23.9 Å². The first-order valence-corrected chi connectivity index (χ1v) is 14.4. The minimum atomic E-state index is -0.263. The lowest BCUT2D eigenvalue weighted by molar-refractivity contribution is -0.129. The summed E-state index contributed by atoms with van der Waals surface area (Å²) in [5.74, 6) is 1.90. The van der Waals surface area contributed by atoms with Gasteiger partial charge < -0.3 is 18.9 Å².